The molecule has 0 aliphatic carbocycles. The average molecular weight is 430 g/mol. The van der Waals surface area contributed by atoms with Gasteiger partial charge in [-0.1, -0.05) is 44.4 Å². The maximum Gasteiger partial charge on any atom is 0.321 e. The van der Waals surface area contributed by atoms with E-state index >= 15 is 0 Å². The predicted molar refractivity (Wildman–Crippen MR) is 131 cm³/mol. The van der Waals surface area contributed by atoms with Crippen LogP contribution in [0.5, 0.6) is 0 Å². The molecule has 0 spiro atoms. The number of hydrogen-bond acceptors (Lipinski definition) is 3. The standard InChI is InChI=1S/C26H43N3O2/c1-3-5-11-23-12-14-24(15-13-23)28-26(30)29-20-16-25(17-21-29)31-22-10-8-7-9-19-27-18-6-4-2/h4,12-15,25,27H,2-3,5-11,16-22H2,1H3,(H,28,30). The number of nitrogens with one attached hydrogen (secondary N) is 2. The molecule has 2 rings (SSSR count). The smallest absolute Gasteiger partial charge is 0.321 e. The van der Waals surface area contributed by atoms with E-state index in [0.717, 1.165) is 70.6 Å². The summed E-state index contributed by atoms with van der Waals surface area (Å²) in [7, 11) is 0. The van der Waals surface area contributed by atoms with E-state index in [-0.39, 0.29) is 6.03 Å². The van der Waals surface area contributed by atoms with Crippen LogP contribution in [-0.4, -0.2) is 49.8 Å². The van der Waals surface area contributed by atoms with Gasteiger partial charge >= 0.3 is 6.03 Å². The number of ether oxygens (including phenoxy) is 1. The van der Waals surface area contributed by atoms with Crippen molar-refractivity contribution in [2.75, 3.05) is 38.1 Å². The highest BCUT2D eigenvalue weighted by Crippen LogP contribution is 2.17. The van der Waals surface area contributed by atoms with E-state index in [1.807, 2.05) is 23.1 Å². The normalized spacial score (nSPS) is 14.5. The van der Waals surface area contributed by atoms with E-state index < -0.39 is 0 Å². The molecule has 1 saturated heterocycles. The Labute approximate surface area is 189 Å². The third-order valence-corrected chi connectivity index (χ3v) is 5.88. The fraction of sp³-hybridized carbons (Fsp3) is 0.654. The van der Waals surface area contributed by atoms with Crippen molar-refractivity contribution in [3.05, 3.63) is 42.5 Å². The first-order valence-electron chi connectivity index (χ1n) is 12.3. The molecule has 31 heavy (non-hydrogen) atoms. The number of nitrogens with zero attached hydrogens (tertiary/aromatic N) is 1. The molecule has 174 valence electrons. The number of likely N-dealkylation sites (tertiary alicyclic amines) is 1. The summed E-state index contributed by atoms with van der Waals surface area (Å²) in [6, 6.07) is 8.25. The van der Waals surface area contributed by atoms with E-state index in [1.54, 1.807) is 0 Å². The van der Waals surface area contributed by atoms with E-state index in [1.165, 1.54) is 37.7 Å². The molecule has 0 bridgehead atoms. The van der Waals surface area contributed by atoms with Crippen LogP contribution in [0.15, 0.2) is 36.9 Å². The maximum atomic E-state index is 12.5. The highest BCUT2D eigenvalue weighted by molar-refractivity contribution is 5.89. The largest absolute Gasteiger partial charge is 0.378 e. The van der Waals surface area contributed by atoms with Gasteiger partial charge in [0.05, 0.1) is 6.10 Å². The molecular formula is C26H43N3O2. The number of carbonyl (C=O) groups is 1. The highest BCUT2D eigenvalue weighted by Gasteiger charge is 2.23. The molecule has 0 unspecified atom stereocenters. The second-order valence-corrected chi connectivity index (χ2v) is 8.53. The summed E-state index contributed by atoms with van der Waals surface area (Å²) in [6.45, 7) is 10.4. The average Bonchev–Trinajstić information content (AvgIpc) is 2.80. The Morgan fingerprint density at radius 3 is 2.55 bits per heavy atom. The van der Waals surface area contributed by atoms with E-state index in [9.17, 15) is 4.79 Å². The Kier molecular flexibility index (Phi) is 13.0. The van der Waals surface area contributed by atoms with Gasteiger partial charge in [-0.3, -0.25) is 0 Å². The summed E-state index contributed by atoms with van der Waals surface area (Å²) < 4.78 is 6.05. The molecule has 5 heteroatoms. The van der Waals surface area contributed by atoms with Crippen molar-refractivity contribution < 1.29 is 9.53 Å². The number of anilines is 1. The first kappa shape index (κ1) is 25.4. The van der Waals surface area contributed by atoms with Crippen LogP contribution in [0.2, 0.25) is 0 Å². The third kappa shape index (κ3) is 10.8. The SMILES string of the molecule is C=CCCNCCCCCCOC1CCN(C(=O)Nc2ccc(CCCC)cc2)CC1. The second-order valence-electron chi connectivity index (χ2n) is 8.53. The molecule has 1 fully saturated rings. The zero-order chi connectivity index (χ0) is 22.2. The van der Waals surface area contributed by atoms with Gasteiger partial charge < -0.3 is 20.3 Å². The molecular weight excluding hydrogens is 386 g/mol. The van der Waals surface area contributed by atoms with Gasteiger partial charge in [0.2, 0.25) is 0 Å². The number of aryl methyl sites for hydroxylation is 1. The highest BCUT2D eigenvalue weighted by atomic mass is 16.5. The van der Waals surface area contributed by atoms with Crippen molar-refractivity contribution in [3.8, 4) is 0 Å². The lowest BCUT2D eigenvalue weighted by Crippen LogP contribution is -2.43. The lowest BCUT2D eigenvalue weighted by atomic mass is 10.1. The summed E-state index contributed by atoms with van der Waals surface area (Å²) in [5, 5.41) is 6.46. The fourth-order valence-corrected chi connectivity index (χ4v) is 3.85. The van der Waals surface area contributed by atoms with Crippen LogP contribution in [-0.2, 0) is 11.2 Å². The van der Waals surface area contributed by atoms with Crippen LogP contribution in [0.1, 0.15) is 70.3 Å². The quantitative estimate of drug-likeness (QED) is 0.275. The van der Waals surface area contributed by atoms with Crippen LogP contribution in [0.4, 0.5) is 10.5 Å². The fourth-order valence-electron chi connectivity index (χ4n) is 3.85. The minimum absolute atomic E-state index is 0.00135. The summed E-state index contributed by atoms with van der Waals surface area (Å²) >= 11 is 0. The third-order valence-electron chi connectivity index (χ3n) is 5.88. The number of amides is 2. The maximum absolute atomic E-state index is 12.5. The van der Waals surface area contributed by atoms with Crippen molar-refractivity contribution in [1.82, 2.24) is 10.2 Å². The first-order chi connectivity index (χ1) is 15.2. The molecule has 5 nitrogen and oxygen atoms in total. The molecule has 0 aromatic heterocycles. The Morgan fingerprint density at radius 1 is 1.10 bits per heavy atom. The Bertz CT molecular complexity index is 610. The zero-order valence-corrected chi connectivity index (χ0v) is 19.5. The van der Waals surface area contributed by atoms with Gasteiger partial charge in [0.25, 0.3) is 0 Å². The molecule has 1 aromatic carbocycles. The van der Waals surface area contributed by atoms with Crippen LogP contribution >= 0.6 is 0 Å². The molecule has 2 N–H and O–H groups in total. The molecule has 1 aliphatic rings. The first-order valence-corrected chi connectivity index (χ1v) is 12.3. The monoisotopic (exact) mass is 429 g/mol. The zero-order valence-electron chi connectivity index (χ0n) is 19.5. The van der Waals surface area contributed by atoms with Crippen molar-refractivity contribution in [3.63, 3.8) is 0 Å². The lowest BCUT2D eigenvalue weighted by Gasteiger charge is -2.32. The number of piperidine rings is 1. The van der Waals surface area contributed by atoms with Crippen LogP contribution in [0.3, 0.4) is 0 Å². The molecule has 2 amide bonds. The molecule has 0 atom stereocenters. The number of rotatable bonds is 15. The topological polar surface area (TPSA) is 53.6 Å². The van der Waals surface area contributed by atoms with E-state index in [4.69, 9.17) is 4.74 Å². The van der Waals surface area contributed by atoms with Crippen molar-refractivity contribution in [2.45, 2.75) is 77.2 Å². The van der Waals surface area contributed by atoms with Gasteiger partial charge in [-0.25, -0.2) is 4.79 Å². The van der Waals surface area contributed by atoms with Crippen LogP contribution < -0.4 is 10.6 Å². The second kappa shape index (κ2) is 15.9. The van der Waals surface area contributed by atoms with Gasteiger partial charge in [0.15, 0.2) is 0 Å². The number of hydrogen-bond donors (Lipinski definition) is 2. The molecule has 0 radical (unpaired) electrons. The number of carbonyl (C=O) groups excluding carboxylic acids is 1. The van der Waals surface area contributed by atoms with Crippen molar-refractivity contribution in [2.24, 2.45) is 0 Å². The summed E-state index contributed by atoms with van der Waals surface area (Å²) in [4.78, 5) is 14.4. The summed E-state index contributed by atoms with van der Waals surface area (Å²) in [6.07, 6.45) is 13.5. The molecule has 1 heterocycles. The predicted octanol–water partition coefficient (Wildman–Crippen LogP) is 5.77. The Balaban J connectivity index is 1.51. The van der Waals surface area contributed by atoms with Gasteiger partial charge in [-0.15, -0.1) is 6.58 Å². The van der Waals surface area contributed by atoms with Crippen molar-refractivity contribution >= 4 is 11.7 Å². The van der Waals surface area contributed by atoms with Gasteiger partial charge in [-0.05, 0) is 75.7 Å². The minimum atomic E-state index is 0.00135. The van der Waals surface area contributed by atoms with E-state index in [2.05, 4.69) is 36.3 Å². The number of urea groups is 1. The Hall–Kier alpha value is -1.85. The van der Waals surface area contributed by atoms with Crippen LogP contribution in [0.25, 0.3) is 0 Å². The number of benzene rings is 1. The van der Waals surface area contributed by atoms with Crippen LogP contribution in [0, 0.1) is 0 Å². The summed E-state index contributed by atoms with van der Waals surface area (Å²) in [5.74, 6) is 0. The van der Waals surface area contributed by atoms with E-state index in [0.29, 0.717) is 6.10 Å². The Morgan fingerprint density at radius 2 is 1.84 bits per heavy atom. The molecule has 1 aliphatic heterocycles. The minimum Gasteiger partial charge on any atom is -0.378 e. The van der Waals surface area contributed by atoms with Gasteiger partial charge in [-0.2, -0.15) is 0 Å². The summed E-state index contributed by atoms with van der Waals surface area (Å²) in [5.41, 5.74) is 2.21. The van der Waals surface area contributed by atoms with Gasteiger partial charge in [0.1, 0.15) is 0 Å². The van der Waals surface area contributed by atoms with Crippen molar-refractivity contribution in [1.29, 1.82) is 0 Å². The molecule has 1 aromatic rings. The lowest BCUT2D eigenvalue weighted by molar-refractivity contribution is 0.0141. The molecule has 0 saturated carbocycles. The van der Waals surface area contributed by atoms with Gasteiger partial charge in [0, 0.05) is 25.4 Å². The number of unbranched alkanes of at least 4 members (excludes halogenated alkanes) is 4.